The summed E-state index contributed by atoms with van der Waals surface area (Å²) >= 11 is 0. The minimum absolute atomic E-state index is 0.0933. The molecule has 0 spiro atoms. The Kier molecular flexibility index (Phi) is 6.37. The van der Waals surface area contributed by atoms with Crippen LogP contribution in [0.3, 0.4) is 0 Å². The van der Waals surface area contributed by atoms with Crippen molar-refractivity contribution in [2.75, 3.05) is 57.4 Å². The Morgan fingerprint density at radius 1 is 0.941 bits per heavy atom. The fourth-order valence-corrected chi connectivity index (χ4v) is 5.01. The maximum Gasteiger partial charge on any atom is 0.416 e. The lowest BCUT2D eigenvalue weighted by atomic mass is 9.84. The van der Waals surface area contributed by atoms with E-state index >= 15 is 0 Å². The second-order valence-electron chi connectivity index (χ2n) is 9.16. The van der Waals surface area contributed by atoms with Gasteiger partial charge in [0.15, 0.2) is 0 Å². The maximum absolute atomic E-state index is 13.3. The van der Waals surface area contributed by atoms with Crippen LogP contribution in [0.25, 0.3) is 0 Å². The molecule has 3 aliphatic rings. The SMILES string of the molecule is O=C(N1CCOCC1)N1CC(c2ccc(C(F)(F)F)cc2)CC(c2nc(N3CCCC3)no2)C1. The number of alkyl halides is 3. The van der Waals surface area contributed by atoms with E-state index < -0.39 is 11.7 Å². The summed E-state index contributed by atoms with van der Waals surface area (Å²) in [6.45, 7) is 4.65. The number of benzene rings is 1. The number of halogens is 3. The maximum atomic E-state index is 13.3. The second kappa shape index (κ2) is 9.44. The van der Waals surface area contributed by atoms with Crippen LogP contribution in [-0.2, 0) is 10.9 Å². The van der Waals surface area contributed by atoms with Gasteiger partial charge in [0.25, 0.3) is 5.95 Å². The van der Waals surface area contributed by atoms with Crippen LogP contribution in [-0.4, -0.2) is 78.5 Å². The Labute approximate surface area is 195 Å². The molecule has 4 heterocycles. The Morgan fingerprint density at radius 2 is 1.62 bits per heavy atom. The van der Waals surface area contributed by atoms with E-state index in [-0.39, 0.29) is 17.9 Å². The molecule has 0 radical (unpaired) electrons. The first-order chi connectivity index (χ1) is 16.4. The first kappa shape index (κ1) is 22.9. The number of likely N-dealkylation sites (tertiary alicyclic amines) is 1. The molecule has 1 aromatic heterocycles. The number of anilines is 1. The molecular weight excluding hydrogens is 451 g/mol. The molecular formula is C23H28F3N5O3. The minimum Gasteiger partial charge on any atom is -0.378 e. The highest BCUT2D eigenvalue weighted by molar-refractivity contribution is 5.75. The van der Waals surface area contributed by atoms with Crippen molar-refractivity contribution in [2.24, 2.45) is 0 Å². The number of rotatable bonds is 3. The zero-order chi connectivity index (χ0) is 23.7. The van der Waals surface area contributed by atoms with E-state index in [4.69, 9.17) is 9.26 Å². The van der Waals surface area contributed by atoms with Gasteiger partial charge in [0.1, 0.15) is 0 Å². The normalized spacial score (nSPS) is 24.0. The molecule has 0 bridgehead atoms. The van der Waals surface area contributed by atoms with Gasteiger partial charge in [0.2, 0.25) is 5.89 Å². The quantitative estimate of drug-likeness (QED) is 0.668. The third-order valence-electron chi connectivity index (χ3n) is 6.88. The molecule has 1 aromatic carbocycles. The fraction of sp³-hybridized carbons (Fsp3) is 0.609. The van der Waals surface area contributed by atoms with Crippen molar-refractivity contribution in [1.29, 1.82) is 0 Å². The number of ether oxygens (including phenoxy) is 1. The number of carbonyl (C=O) groups is 1. The zero-order valence-corrected chi connectivity index (χ0v) is 18.8. The predicted octanol–water partition coefficient (Wildman–Crippen LogP) is 3.71. The topological polar surface area (TPSA) is 74.9 Å². The van der Waals surface area contributed by atoms with Crippen LogP contribution in [0.5, 0.6) is 0 Å². The number of carbonyl (C=O) groups excluding carboxylic acids is 1. The number of urea groups is 1. The van der Waals surface area contributed by atoms with E-state index in [0.717, 1.165) is 43.6 Å². The van der Waals surface area contributed by atoms with Crippen LogP contribution in [0, 0.1) is 0 Å². The largest absolute Gasteiger partial charge is 0.416 e. The summed E-state index contributed by atoms with van der Waals surface area (Å²) in [4.78, 5) is 23.5. The van der Waals surface area contributed by atoms with Crippen molar-refractivity contribution < 1.29 is 27.2 Å². The van der Waals surface area contributed by atoms with E-state index in [9.17, 15) is 18.0 Å². The standard InChI is InChI=1S/C23H28F3N5O3/c24-23(25,26)19-5-3-16(4-6-19)17-13-18(20-27-21(28-34-20)29-7-1-2-8-29)15-31(14-17)22(32)30-9-11-33-12-10-30/h3-6,17-18H,1-2,7-15H2. The molecule has 11 heteroatoms. The zero-order valence-electron chi connectivity index (χ0n) is 18.8. The molecule has 0 aliphatic carbocycles. The first-order valence-electron chi connectivity index (χ1n) is 11.8. The smallest absolute Gasteiger partial charge is 0.378 e. The van der Waals surface area contributed by atoms with Gasteiger partial charge in [-0.25, -0.2) is 4.79 Å². The number of piperidine rings is 1. The van der Waals surface area contributed by atoms with E-state index in [0.29, 0.717) is 57.7 Å². The summed E-state index contributed by atoms with van der Waals surface area (Å²) < 4.78 is 50.1. The van der Waals surface area contributed by atoms with Gasteiger partial charge in [0, 0.05) is 45.2 Å². The Balaban J connectivity index is 1.39. The predicted molar refractivity (Wildman–Crippen MR) is 117 cm³/mol. The molecule has 5 rings (SSSR count). The molecule has 3 aliphatic heterocycles. The highest BCUT2D eigenvalue weighted by atomic mass is 19.4. The summed E-state index contributed by atoms with van der Waals surface area (Å²) in [6, 6.07) is 5.13. The van der Waals surface area contributed by atoms with Gasteiger partial charge in [0.05, 0.1) is 24.7 Å². The lowest BCUT2D eigenvalue weighted by Crippen LogP contribution is -2.52. The molecule has 2 unspecified atom stereocenters. The molecule has 2 aromatic rings. The number of nitrogens with zero attached hydrogens (tertiary/aromatic N) is 5. The van der Waals surface area contributed by atoms with Crippen LogP contribution in [0.2, 0.25) is 0 Å². The van der Waals surface area contributed by atoms with Crippen LogP contribution < -0.4 is 4.90 Å². The molecule has 3 saturated heterocycles. The molecule has 184 valence electrons. The summed E-state index contributed by atoms with van der Waals surface area (Å²) in [5.41, 5.74) is 0.0776. The Morgan fingerprint density at radius 3 is 2.29 bits per heavy atom. The van der Waals surface area contributed by atoms with Gasteiger partial charge in [-0.2, -0.15) is 18.2 Å². The molecule has 2 amide bonds. The van der Waals surface area contributed by atoms with E-state index in [2.05, 4.69) is 15.0 Å². The van der Waals surface area contributed by atoms with E-state index in [1.54, 1.807) is 9.80 Å². The van der Waals surface area contributed by atoms with Gasteiger partial charge < -0.3 is 24.0 Å². The van der Waals surface area contributed by atoms with E-state index in [1.807, 2.05) is 0 Å². The van der Waals surface area contributed by atoms with Crippen molar-refractivity contribution in [3.8, 4) is 0 Å². The number of amides is 2. The average Bonchev–Trinajstić information content (AvgIpc) is 3.56. The lowest BCUT2D eigenvalue weighted by Gasteiger charge is -2.40. The van der Waals surface area contributed by atoms with Crippen molar-refractivity contribution in [3.05, 3.63) is 41.3 Å². The molecule has 8 nitrogen and oxygen atoms in total. The molecule has 2 atom stereocenters. The van der Waals surface area contributed by atoms with Gasteiger partial charge in [-0.15, -0.1) is 0 Å². The van der Waals surface area contributed by atoms with Gasteiger partial charge in [-0.3, -0.25) is 0 Å². The fourth-order valence-electron chi connectivity index (χ4n) is 5.01. The monoisotopic (exact) mass is 479 g/mol. The molecule has 0 saturated carbocycles. The summed E-state index contributed by atoms with van der Waals surface area (Å²) in [5.74, 6) is 0.691. The average molecular weight is 480 g/mol. The highest BCUT2D eigenvalue weighted by Crippen LogP contribution is 2.38. The Bertz CT molecular complexity index is 984. The molecule has 0 N–H and O–H groups in total. The van der Waals surface area contributed by atoms with Gasteiger partial charge in [-0.1, -0.05) is 12.1 Å². The molecule has 34 heavy (non-hydrogen) atoms. The number of aromatic nitrogens is 2. The molecule has 3 fully saturated rings. The summed E-state index contributed by atoms with van der Waals surface area (Å²) in [6.07, 6.45) is -1.60. The lowest BCUT2D eigenvalue weighted by molar-refractivity contribution is -0.137. The van der Waals surface area contributed by atoms with Crippen LogP contribution >= 0.6 is 0 Å². The van der Waals surface area contributed by atoms with Crippen LogP contribution in [0.15, 0.2) is 28.8 Å². The second-order valence-corrected chi connectivity index (χ2v) is 9.16. The van der Waals surface area contributed by atoms with Crippen molar-refractivity contribution >= 4 is 12.0 Å². The third-order valence-corrected chi connectivity index (χ3v) is 6.88. The number of hydrogen-bond donors (Lipinski definition) is 0. The highest BCUT2D eigenvalue weighted by Gasteiger charge is 2.37. The number of hydrogen-bond acceptors (Lipinski definition) is 6. The third kappa shape index (κ3) is 4.84. The van der Waals surface area contributed by atoms with Crippen LogP contribution in [0.4, 0.5) is 23.9 Å². The van der Waals surface area contributed by atoms with Crippen LogP contribution in [0.1, 0.15) is 48.1 Å². The van der Waals surface area contributed by atoms with Crippen molar-refractivity contribution in [3.63, 3.8) is 0 Å². The summed E-state index contributed by atoms with van der Waals surface area (Å²) in [7, 11) is 0. The summed E-state index contributed by atoms with van der Waals surface area (Å²) in [5, 5.41) is 4.15. The first-order valence-corrected chi connectivity index (χ1v) is 11.8. The van der Waals surface area contributed by atoms with E-state index in [1.165, 1.54) is 12.1 Å². The number of morpholine rings is 1. The van der Waals surface area contributed by atoms with Gasteiger partial charge in [-0.05, 0) is 42.1 Å². The Hall–Kier alpha value is -2.82. The minimum atomic E-state index is -4.39. The van der Waals surface area contributed by atoms with Crippen molar-refractivity contribution in [2.45, 2.75) is 37.3 Å². The van der Waals surface area contributed by atoms with Gasteiger partial charge >= 0.3 is 12.2 Å². The van der Waals surface area contributed by atoms with Crippen molar-refractivity contribution in [1.82, 2.24) is 19.9 Å².